The van der Waals surface area contributed by atoms with E-state index in [9.17, 15) is 4.79 Å². The highest BCUT2D eigenvalue weighted by Crippen LogP contribution is 2.16. The summed E-state index contributed by atoms with van der Waals surface area (Å²) < 4.78 is 10.5. The van der Waals surface area contributed by atoms with Gasteiger partial charge < -0.3 is 24.3 Å². The molecule has 1 N–H and O–H groups in total. The maximum Gasteiger partial charge on any atom is 0.289 e. The average Bonchev–Trinajstić information content (AvgIpc) is 3.22. The first kappa shape index (κ1) is 22.1. The molecule has 1 amide bonds. The minimum absolute atomic E-state index is 0. The Morgan fingerprint density at radius 1 is 1.21 bits per heavy atom. The van der Waals surface area contributed by atoms with Crippen LogP contribution < -0.4 is 10.1 Å². The maximum atomic E-state index is 12.4. The van der Waals surface area contributed by atoms with Crippen molar-refractivity contribution in [3.63, 3.8) is 0 Å². The number of aliphatic imine (C=N–C) groups is 1. The molecule has 3 rings (SSSR count). The molecule has 0 unspecified atom stereocenters. The SMILES string of the molecule is CN=C(NCc1cc(C)cc(OC)c1)N1CCN(C(=O)c2ccco2)CC1.I. The Morgan fingerprint density at radius 2 is 1.93 bits per heavy atom. The molecule has 7 nitrogen and oxygen atoms in total. The normalized spacial score (nSPS) is 14.5. The molecule has 1 aliphatic heterocycles. The van der Waals surface area contributed by atoms with Crippen molar-refractivity contribution in [1.29, 1.82) is 0 Å². The van der Waals surface area contributed by atoms with Crippen LogP contribution in [0.4, 0.5) is 0 Å². The van der Waals surface area contributed by atoms with Gasteiger partial charge in [0.15, 0.2) is 11.7 Å². The molecule has 8 heteroatoms. The van der Waals surface area contributed by atoms with Gasteiger partial charge >= 0.3 is 0 Å². The van der Waals surface area contributed by atoms with Gasteiger partial charge in [-0.1, -0.05) is 6.07 Å². The number of piperazine rings is 1. The number of benzene rings is 1. The van der Waals surface area contributed by atoms with E-state index in [1.165, 1.54) is 6.26 Å². The summed E-state index contributed by atoms with van der Waals surface area (Å²) in [4.78, 5) is 20.7. The van der Waals surface area contributed by atoms with Gasteiger partial charge in [-0.25, -0.2) is 0 Å². The van der Waals surface area contributed by atoms with Gasteiger partial charge in [0.1, 0.15) is 5.75 Å². The van der Waals surface area contributed by atoms with Gasteiger partial charge in [0.2, 0.25) is 0 Å². The third-order valence-electron chi connectivity index (χ3n) is 4.61. The first-order chi connectivity index (χ1) is 13.1. The number of rotatable bonds is 4. The molecule has 0 atom stereocenters. The summed E-state index contributed by atoms with van der Waals surface area (Å²) in [5.41, 5.74) is 2.30. The first-order valence-corrected chi connectivity index (χ1v) is 9.03. The molecule has 1 aromatic carbocycles. The van der Waals surface area contributed by atoms with Gasteiger partial charge in [-0.15, -0.1) is 24.0 Å². The third kappa shape index (κ3) is 5.40. The second-order valence-electron chi connectivity index (χ2n) is 6.52. The molecule has 28 heavy (non-hydrogen) atoms. The lowest BCUT2D eigenvalue weighted by molar-refractivity contribution is 0.0657. The second kappa shape index (κ2) is 10.4. The third-order valence-corrected chi connectivity index (χ3v) is 4.61. The molecule has 2 heterocycles. The van der Waals surface area contributed by atoms with Crippen molar-refractivity contribution < 1.29 is 13.9 Å². The summed E-state index contributed by atoms with van der Waals surface area (Å²) in [6.07, 6.45) is 1.52. The summed E-state index contributed by atoms with van der Waals surface area (Å²) in [6.45, 7) is 5.44. The number of ether oxygens (including phenoxy) is 1. The number of carbonyl (C=O) groups is 1. The number of nitrogens with zero attached hydrogens (tertiary/aromatic N) is 3. The predicted molar refractivity (Wildman–Crippen MR) is 120 cm³/mol. The van der Waals surface area contributed by atoms with E-state index in [0.717, 1.165) is 35.9 Å². The van der Waals surface area contributed by atoms with E-state index in [-0.39, 0.29) is 29.9 Å². The van der Waals surface area contributed by atoms with Crippen LogP contribution in [-0.4, -0.2) is 62.0 Å². The van der Waals surface area contributed by atoms with E-state index in [4.69, 9.17) is 9.15 Å². The quantitative estimate of drug-likeness (QED) is 0.399. The van der Waals surface area contributed by atoms with Gasteiger partial charge in [-0.05, 0) is 42.3 Å². The van der Waals surface area contributed by atoms with E-state index in [1.807, 2.05) is 17.0 Å². The van der Waals surface area contributed by atoms with Crippen molar-refractivity contribution in [3.05, 3.63) is 53.5 Å². The molecule has 1 aromatic heterocycles. The van der Waals surface area contributed by atoms with Crippen LogP contribution in [0.1, 0.15) is 21.7 Å². The maximum absolute atomic E-state index is 12.4. The molecule has 0 bridgehead atoms. The second-order valence-corrected chi connectivity index (χ2v) is 6.52. The number of hydrogen-bond acceptors (Lipinski definition) is 4. The number of aryl methyl sites for hydroxylation is 1. The molecule has 152 valence electrons. The molecular weight excluding hydrogens is 471 g/mol. The van der Waals surface area contributed by atoms with E-state index >= 15 is 0 Å². The molecule has 1 saturated heterocycles. The molecule has 2 aromatic rings. The summed E-state index contributed by atoms with van der Waals surface area (Å²) in [7, 11) is 3.45. The zero-order chi connectivity index (χ0) is 19.2. The minimum Gasteiger partial charge on any atom is -0.497 e. The van der Waals surface area contributed by atoms with Crippen LogP contribution in [0.2, 0.25) is 0 Å². The van der Waals surface area contributed by atoms with Gasteiger partial charge in [0.05, 0.1) is 13.4 Å². The summed E-state index contributed by atoms with van der Waals surface area (Å²) >= 11 is 0. The number of methoxy groups -OCH3 is 1. The van der Waals surface area contributed by atoms with Crippen molar-refractivity contribution in [2.45, 2.75) is 13.5 Å². The van der Waals surface area contributed by atoms with E-state index < -0.39 is 0 Å². The van der Waals surface area contributed by atoms with Crippen molar-refractivity contribution in [1.82, 2.24) is 15.1 Å². The smallest absolute Gasteiger partial charge is 0.289 e. The fourth-order valence-corrected chi connectivity index (χ4v) is 3.24. The fraction of sp³-hybridized carbons (Fsp3) is 0.400. The highest BCUT2D eigenvalue weighted by atomic mass is 127. The lowest BCUT2D eigenvalue weighted by Crippen LogP contribution is -2.53. The number of halogens is 1. The number of carbonyl (C=O) groups excluding carboxylic acids is 1. The minimum atomic E-state index is -0.0607. The lowest BCUT2D eigenvalue weighted by atomic mass is 10.1. The van der Waals surface area contributed by atoms with Crippen molar-refractivity contribution >= 4 is 35.8 Å². The van der Waals surface area contributed by atoms with Crippen LogP contribution in [0.25, 0.3) is 0 Å². The Kier molecular flexibility index (Phi) is 8.16. The van der Waals surface area contributed by atoms with E-state index in [0.29, 0.717) is 25.4 Å². The number of hydrogen-bond donors (Lipinski definition) is 1. The Morgan fingerprint density at radius 3 is 2.54 bits per heavy atom. The van der Waals surface area contributed by atoms with Crippen LogP contribution >= 0.6 is 24.0 Å². The predicted octanol–water partition coefficient (Wildman–Crippen LogP) is 2.75. The van der Waals surface area contributed by atoms with Crippen molar-refractivity contribution in [2.24, 2.45) is 4.99 Å². The lowest BCUT2D eigenvalue weighted by Gasteiger charge is -2.36. The van der Waals surface area contributed by atoms with Crippen LogP contribution in [0.3, 0.4) is 0 Å². The van der Waals surface area contributed by atoms with Crippen LogP contribution in [-0.2, 0) is 6.54 Å². The Hall–Kier alpha value is -2.23. The molecule has 0 aliphatic carbocycles. The highest BCUT2D eigenvalue weighted by Gasteiger charge is 2.25. The van der Waals surface area contributed by atoms with Crippen LogP contribution in [0.5, 0.6) is 5.75 Å². The standard InChI is InChI=1S/C20H26N4O3.HI/c1-15-11-16(13-17(12-15)26-3)14-22-20(21-2)24-8-6-23(7-9-24)19(25)18-5-4-10-27-18;/h4-5,10-13H,6-9,14H2,1-3H3,(H,21,22);1H. The fourth-order valence-electron chi connectivity index (χ4n) is 3.24. The van der Waals surface area contributed by atoms with E-state index in [2.05, 4.69) is 28.2 Å². The van der Waals surface area contributed by atoms with Crippen molar-refractivity contribution in [2.75, 3.05) is 40.3 Å². The molecule has 1 aliphatic rings. The first-order valence-electron chi connectivity index (χ1n) is 9.03. The zero-order valence-electron chi connectivity index (χ0n) is 16.5. The molecule has 0 spiro atoms. The monoisotopic (exact) mass is 498 g/mol. The molecule has 0 radical (unpaired) electrons. The average molecular weight is 498 g/mol. The molecule has 1 fully saturated rings. The number of furan rings is 1. The molecule has 0 saturated carbocycles. The van der Waals surface area contributed by atoms with Gasteiger partial charge in [0.25, 0.3) is 5.91 Å². The van der Waals surface area contributed by atoms with Gasteiger partial charge in [-0.3, -0.25) is 9.79 Å². The van der Waals surface area contributed by atoms with Crippen molar-refractivity contribution in [3.8, 4) is 5.75 Å². The van der Waals surface area contributed by atoms with E-state index in [1.54, 1.807) is 26.3 Å². The Bertz CT molecular complexity index is 800. The number of guanidine groups is 1. The van der Waals surface area contributed by atoms with Crippen LogP contribution in [0, 0.1) is 6.92 Å². The summed E-state index contributed by atoms with van der Waals surface area (Å²) in [6, 6.07) is 9.59. The number of nitrogens with one attached hydrogen (secondary N) is 1. The highest BCUT2D eigenvalue weighted by molar-refractivity contribution is 14.0. The topological polar surface area (TPSA) is 70.3 Å². The van der Waals surface area contributed by atoms with Gasteiger partial charge in [-0.2, -0.15) is 0 Å². The summed E-state index contributed by atoms with van der Waals surface area (Å²) in [5, 5.41) is 3.40. The number of amides is 1. The Labute approximate surface area is 182 Å². The summed E-state index contributed by atoms with van der Waals surface area (Å²) in [5.74, 6) is 2.02. The largest absolute Gasteiger partial charge is 0.497 e. The van der Waals surface area contributed by atoms with Gasteiger partial charge in [0, 0.05) is 39.8 Å². The Balaban J connectivity index is 0.00000280. The zero-order valence-corrected chi connectivity index (χ0v) is 18.8. The molecular formula is C20H27IN4O3. The van der Waals surface area contributed by atoms with Crippen LogP contribution in [0.15, 0.2) is 46.0 Å².